The number of rotatable bonds is 6. The Labute approximate surface area is 753 Å². The van der Waals surface area contributed by atoms with E-state index in [1.54, 1.807) is 0 Å². The highest BCUT2D eigenvalue weighted by Gasteiger charge is 2.46. The van der Waals surface area contributed by atoms with Crippen molar-refractivity contribution in [1.29, 1.82) is 0 Å². The van der Waals surface area contributed by atoms with Crippen molar-refractivity contribution < 1.29 is 0 Å². The number of benzene rings is 10. The average molecular weight is 1690 g/mol. The molecule has 0 saturated carbocycles. The van der Waals surface area contributed by atoms with E-state index < -0.39 is 18.1 Å². The minimum Gasteiger partial charge on any atom is -0.360 e. The zero-order valence-electron chi connectivity index (χ0n) is 70.4. The summed E-state index contributed by atoms with van der Waals surface area (Å²) in [6, 6.07) is 117. The number of nitrogens with one attached hydrogen (secondary N) is 9. The van der Waals surface area contributed by atoms with E-state index in [0.717, 1.165) is 269 Å². The molecule has 10 aromatic carbocycles. The van der Waals surface area contributed by atoms with Gasteiger partial charge < -0.3 is 45.9 Å². The number of amidine groups is 3. The molecule has 132 heavy (non-hydrogen) atoms. The van der Waals surface area contributed by atoms with Crippen molar-refractivity contribution in [2.45, 2.75) is 54.0 Å². The van der Waals surface area contributed by atoms with Crippen LogP contribution in [0.4, 0.5) is 0 Å². The molecule has 6 aliphatic heterocycles. The second kappa shape index (κ2) is 26.2. The lowest BCUT2D eigenvalue weighted by molar-refractivity contribution is 0.561. The molecule has 9 aliphatic rings. The Morgan fingerprint density at radius 3 is 0.629 bits per heavy atom. The van der Waals surface area contributed by atoms with Gasteiger partial charge in [-0.1, -0.05) is 237 Å². The standard InChI is InChI=1S/C114H72N18/c1-4-16-55(17-5-1)91-85-49-58-22-10-28-67(94(58)121-85)79-40-34-73-100(115-79)101-74(35-41-80(116-101)68-29-11-23-59-50-86(91)122-95(59)68)107-106(73)127-112(128-107)64-46-65(113-129-108-75-36-42-81-69-30-12-24-60-51-87(123-96(60)69)92(56-18-6-2-7-19-56)88-52-61-25-13-31-70(97(61)124-88)82-43-37-76(109(108)130-113)103(118-82)102(75)117-81)48-66(47-64)114-131-110-77-38-44-83-71-32-14-26-62-53-89(125-98(62)71)93(57-20-8-3-9-21-57)90-54-63-27-15-33-72(99(63)126-90)84-45-39-78(111(110)132-114)105(120-84)104(77)119-83/h1-54,91-93,106-111,121-126H,(H,127,128)(H,129,130)(H,131,132). The fourth-order valence-electron chi connectivity index (χ4n) is 23.6. The lowest BCUT2D eigenvalue weighted by Gasteiger charge is -2.29. The molecule has 24 bridgehead atoms. The third-order valence-corrected chi connectivity index (χ3v) is 29.6. The number of nitrogens with zero attached hydrogens (tertiary/aromatic N) is 9. The maximum atomic E-state index is 5.94. The lowest BCUT2D eigenvalue weighted by Crippen LogP contribution is -2.31. The van der Waals surface area contributed by atoms with E-state index in [9.17, 15) is 0 Å². The minimum absolute atomic E-state index is 0.114. The van der Waals surface area contributed by atoms with Crippen molar-refractivity contribution in [3.63, 3.8) is 0 Å². The zero-order valence-corrected chi connectivity index (χ0v) is 70.4. The van der Waals surface area contributed by atoms with Crippen LogP contribution in [0.1, 0.15) is 155 Å². The molecule has 22 aromatic rings. The highest BCUT2D eigenvalue weighted by molar-refractivity contribution is 6.12. The molecule has 3 aliphatic carbocycles. The summed E-state index contributed by atoms with van der Waals surface area (Å²) in [5.74, 6) is 1.81. The van der Waals surface area contributed by atoms with Crippen molar-refractivity contribution >= 4 is 82.9 Å². The van der Waals surface area contributed by atoms with Gasteiger partial charge in [0, 0.05) is 150 Å². The van der Waals surface area contributed by atoms with Gasteiger partial charge in [-0.3, -0.25) is 15.0 Å². The van der Waals surface area contributed by atoms with Crippen LogP contribution in [0.2, 0.25) is 0 Å². The van der Waals surface area contributed by atoms with E-state index in [1.165, 1.54) is 16.7 Å². The molecule has 0 spiro atoms. The Hall–Kier alpha value is -17.3. The summed E-state index contributed by atoms with van der Waals surface area (Å²) < 4.78 is 0. The Morgan fingerprint density at radius 2 is 0.402 bits per heavy atom. The van der Waals surface area contributed by atoms with Crippen molar-refractivity contribution in [1.82, 2.24) is 75.8 Å². The topological polar surface area (TPSA) is 245 Å². The number of pyridine rings is 6. The third-order valence-electron chi connectivity index (χ3n) is 29.6. The molecule has 12 aromatic heterocycles. The van der Waals surface area contributed by atoms with Gasteiger partial charge in [0.05, 0.1) is 137 Å². The monoisotopic (exact) mass is 1690 g/mol. The van der Waals surface area contributed by atoms with Gasteiger partial charge in [0.2, 0.25) is 0 Å². The second-order valence-corrected chi connectivity index (χ2v) is 36.7. The van der Waals surface area contributed by atoms with Crippen molar-refractivity contribution in [2.75, 3.05) is 0 Å². The summed E-state index contributed by atoms with van der Waals surface area (Å²) in [4.78, 5) is 76.5. The molecule has 618 valence electrons. The van der Waals surface area contributed by atoms with Gasteiger partial charge >= 0.3 is 0 Å². The van der Waals surface area contributed by atoms with Crippen LogP contribution in [0.5, 0.6) is 0 Å². The van der Waals surface area contributed by atoms with Crippen LogP contribution in [0, 0.1) is 0 Å². The van der Waals surface area contributed by atoms with E-state index in [1.807, 2.05) is 0 Å². The summed E-state index contributed by atoms with van der Waals surface area (Å²) in [5, 5.41) is 19.0. The van der Waals surface area contributed by atoms with E-state index in [-0.39, 0.29) is 35.9 Å². The Kier molecular flexibility index (Phi) is 14.1. The lowest BCUT2D eigenvalue weighted by atomic mass is 9.84. The maximum absolute atomic E-state index is 5.94. The van der Waals surface area contributed by atoms with Gasteiger partial charge in [-0.05, 0) is 108 Å². The summed E-state index contributed by atoms with van der Waals surface area (Å²) in [5.41, 5.74) is 40.6. The molecule has 18 heterocycles. The molecule has 9 N–H and O–H groups in total. The van der Waals surface area contributed by atoms with Gasteiger partial charge in [-0.2, -0.15) is 0 Å². The summed E-state index contributed by atoms with van der Waals surface area (Å²) in [6.07, 6.45) is 0. The van der Waals surface area contributed by atoms with E-state index in [2.05, 4.69) is 373 Å². The number of fused-ring (bicyclic) bond motifs is 27. The highest BCUT2D eigenvalue weighted by Crippen LogP contribution is 2.56. The van der Waals surface area contributed by atoms with Crippen LogP contribution in [0.3, 0.4) is 0 Å². The van der Waals surface area contributed by atoms with Gasteiger partial charge in [0.25, 0.3) is 0 Å². The number of aromatic amines is 6. The summed E-state index contributed by atoms with van der Waals surface area (Å²) >= 11 is 0. The first-order valence-electron chi connectivity index (χ1n) is 45.4. The molecule has 9 atom stereocenters. The molecule has 0 fully saturated rings. The van der Waals surface area contributed by atoms with E-state index >= 15 is 0 Å². The van der Waals surface area contributed by atoms with Gasteiger partial charge in [0.15, 0.2) is 0 Å². The highest BCUT2D eigenvalue weighted by atomic mass is 15.2. The zero-order chi connectivity index (χ0) is 85.6. The van der Waals surface area contributed by atoms with Crippen molar-refractivity contribution in [3.05, 3.63) is 429 Å². The van der Waals surface area contributed by atoms with Crippen LogP contribution in [0.25, 0.3) is 167 Å². The molecule has 0 radical (unpaired) electrons. The third kappa shape index (κ3) is 10.1. The maximum Gasteiger partial charge on any atom is 0.129 e. The predicted molar refractivity (Wildman–Crippen MR) is 520 cm³/mol. The molecule has 0 saturated heterocycles. The van der Waals surface area contributed by atoms with Gasteiger partial charge in [0.1, 0.15) is 35.6 Å². The fraction of sp³-hybridized carbons (Fsp3) is 0.0789. The Balaban J connectivity index is 0.581. The summed E-state index contributed by atoms with van der Waals surface area (Å²) in [7, 11) is 0. The molecule has 0 amide bonds. The predicted octanol–water partition coefficient (Wildman–Crippen LogP) is 23.9. The van der Waals surface area contributed by atoms with Crippen LogP contribution in [-0.2, 0) is 0 Å². The van der Waals surface area contributed by atoms with Crippen LogP contribution < -0.4 is 16.0 Å². The van der Waals surface area contributed by atoms with Crippen molar-refractivity contribution in [2.24, 2.45) is 15.0 Å². The van der Waals surface area contributed by atoms with Gasteiger partial charge in [-0.15, -0.1) is 0 Å². The first-order chi connectivity index (χ1) is 65.3. The fourth-order valence-corrected chi connectivity index (χ4v) is 23.6. The van der Waals surface area contributed by atoms with Crippen molar-refractivity contribution in [3.8, 4) is 102 Å². The molecule has 31 rings (SSSR count). The van der Waals surface area contributed by atoms with Crippen LogP contribution in [-0.4, -0.2) is 77.3 Å². The largest absolute Gasteiger partial charge is 0.360 e. The molecule has 9 unspecified atom stereocenters. The Morgan fingerprint density at radius 1 is 0.189 bits per heavy atom. The number of hydrogen-bond donors (Lipinski definition) is 9. The molecular weight excluding hydrogens is 1620 g/mol. The molecule has 18 nitrogen and oxygen atoms in total. The quantitative estimate of drug-likeness (QED) is 0.0767. The first kappa shape index (κ1) is 70.9. The first-order valence-corrected chi connectivity index (χ1v) is 45.4. The molecule has 18 heteroatoms. The van der Waals surface area contributed by atoms with Gasteiger partial charge in [-0.25, -0.2) is 29.9 Å². The van der Waals surface area contributed by atoms with Crippen LogP contribution in [0.15, 0.2) is 343 Å². The Bertz CT molecular complexity index is 8150. The normalized spacial score (nSPS) is 19.5. The smallest absolute Gasteiger partial charge is 0.129 e. The van der Waals surface area contributed by atoms with E-state index in [0.29, 0.717) is 0 Å². The number of para-hydroxylation sites is 6. The average Bonchev–Trinajstić information content (AvgIpc) is 1.52. The number of aliphatic imine (C=N–C) groups is 3. The minimum atomic E-state index is -0.405. The number of H-pyrrole nitrogens is 6. The van der Waals surface area contributed by atoms with E-state index in [4.69, 9.17) is 44.9 Å². The SMILES string of the molecule is c1ccc(C2c3cc4cccc(c4[nH]3)-c3ccc4c(n3)-c3nc(ccc3C3NC(c5cc(C6=NC7c8ccc9nc8-c8nc(ccc8C7N6)-c6cccc7cc([nH]c67)C(c6ccccc6)c6cc7cccc-9c7[nH]6)cc(C6=NC7c8ccc9nc8-c8nc(ccc8C7N6)-c6cccc7cc([nH]c67)C(c6ccccc6)c6cc7cccc-9c7[nH]6)c5)=NC43)-c3cccc4cc2[nH]c34)cc1. The summed E-state index contributed by atoms with van der Waals surface area (Å²) in [6.45, 7) is 0. The number of aromatic nitrogens is 12. The number of hydrogen-bond acceptors (Lipinski definition) is 12. The second-order valence-electron chi connectivity index (χ2n) is 36.7. The van der Waals surface area contributed by atoms with Crippen LogP contribution >= 0.6 is 0 Å². The molecular formula is C114H72N18.